The SMILES string of the molecule is COC(=O)[C@@H]1CCc2nnc(C3CC3)n2C1. The second-order valence-electron chi connectivity index (χ2n) is 4.62. The minimum Gasteiger partial charge on any atom is -0.469 e. The third-order valence-electron chi connectivity index (χ3n) is 3.45. The summed E-state index contributed by atoms with van der Waals surface area (Å²) in [5, 5.41) is 8.44. The van der Waals surface area contributed by atoms with E-state index < -0.39 is 0 Å². The van der Waals surface area contributed by atoms with Gasteiger partial charge in [0.1, 0.15) is 11.6 Å². The van der Waals surface area contributed by atoms with Crippen LogP contribution in [0.3, 0.4) is 0 Å². The zero-order valence-electron chi connectivity index (χ0n) is 9.35. The number of carbonyl (C=O) groups is 1. The lowest BCUT2D eigenvalue weighted by molar-refractivity contribution is -0.146. The molecule has 3 rings (SSSR count). The van der Waals surface area contributed by atoms with Crippen molar-refractivity contribution in [2.75, 3.05) is 7.11 Å². The standard InChI is InChI=1S/C11H15N3O2/c1-16-11(15)8-4-5-9-12-13-10(7-2-3-7)14(9)6-8/h7-8H,2-6H2,1H3/t8-/m1/s1. The molecule has 1 fully saturated rings. The Morgan fingerprint density at radius 3 is 2.88 bits per heavy atom. The monoisotopic (exact) mass is 221 g/mol. The van der Waals surface area contributed by atoms with Crippen molar-refractivity contribution in [3.8, 4) is 0 Å². The first-order chi connectivity index (χ1) is 7.79. The number of aryl methyl sites for hydroxylation is 1. The number of ether oxygens (including phenoxy) is 1. The van der Waals surface area contributed by atoms with Gasteiger partial charge in [-0.15, -0.1) is 10.2 Å². The van der Waals surface area contributed by atoms with Gasteiger partial charge in [-0.2, -0.15) is 0 Å². The molecule has 0 unspecified atom stereocenters. The first-order valence-corrected chi connectivity index (χ1v) is 5.79. The molecule has 1 saturated carbocycles. The summed E-state index contributed by atoms with van der Waals surface area (Å²) in [6, 6.07) is 0. The van der Waals surface area contributed by atoms with E-state index in [0.29, 0.717) is 12.5 Å². The molecule has 1 aromatic rings. The van der Waals surface area contributed by atoms with E-state index in [0.717, 1.165) is 24.5 Å². The molecule has 0 spiro atoms. The Labute approximate surface area is 93.8 Å². The molecule has 5 heteroatoms. The van der Waals surface area contributed by atoms with Gasteiger partial charge in [0.05, 0.1) is 13.0 Å². The predicted molar refractivity (Wildman–Crippen MR) is 55.8 cm³/mol. The number of methoxy groups -OCH3 is 1. The van der Waals surface area contributed by atoms with E-state index in [1.54, 1.807) is 0 Å². The third kappa shape index (κ3) is 1.50. The number of carbonyl (C=O) groups excluding carboxylic acids is 1. The second-order valence-corrected chi connectivity index (χ2v) is 4.62. The first kappa shape index (κ1) is 9.81. The predicted octanol–water partition coefficient (Wildman–Crippen LogP) is 0.891. The van der Waals surface area contributed by atoms with Gasteiger partial charge in [0.2, 0.25) is 0 Å². The molecule has 0 N–H and O–H groups in total. The molecule has 2 aliphatic rings. The number of nitrogens with zero attached hydrogens (tertiary/aromatic N) is 3. The van der Waals surface area contributed by atoms with E-state index in [1.165, 1.54) is 20.0 Å². The van der Waals surface area contributed by atoms with E-state index >= 15 is 0 Å². The van der Waals surface area contributed by atoms with Crippen molar-refractivity contribution in [1.29, 1.82) is 0 Å². The smallest absolute Gasteiger partial charge is 0.310 e. The Morgan fingerprint density at radius 2 is 2.19 bits per heavy atom. The van der Waals surface area contributed by atoms with Crippen molar-refractivity contribution in [3.63, 3.8) is 0 Å². The van der Waals surface area contributed by atoms with Crippen LogP contribution in [0, 0.1) is 5.92 Å². The van der Waals surface area contributed by atoms with Gasteiger partial charge in [-0.3, -0.25) is 4.79 Å². The number of fused-ring (bicyclic) bond motifs is 1. The van der Waals surface area contributed by atoms with Crippen LogP contribution in [-0.4, -0.2) is 27.8 Å². The van der Waals surface area contributed by atoms with Crippen LogP contribution in [0.4, 0.5) is 0 Å². The largest absolute Gasteiger partial charge is 0.469 e. The lowest BCUT2D eigenvalue weighted by atomic mass is 9.99. The maximum atomic E-state index is 11.5. The Hall–Kier alpha value is -1.39. The molecular weight excluding hydrogens is 206 g/mol. The Kier molecular flexibility index (Phi) is 2.19. The summed E-state index contributed by atoms with van der Waals surface area (Å²) in [5.41, 5.74) is 0. The van der Waals surface area contributed by atoms with Gasteiger partial charge in [-0.05, 0) is 19.3 Å². The molecule has 0 saturated heterocycles. The van der Waals surface area contributed by atoms with E-state index in [4.69, 9.17) is 4.74 Å². The molecule has 0 bridgehead atoms. The molecule has 86 valence electrons. The summed E-state index contributed by atoms with van der Waals surface area (Å²) in [7, 11) is 1.45. The highest BCUT2D eigenvalue weighted by atomic mass is 16.5. The Bertz CT molecular complexity index is 423. The molecule has 0 amide bonds. The van der Waals surface area contributed by atoms with Crippen molar-refractivity contribution in [1.82, 2.24) is 14.8 Å². The van der Waals surface area contributed by atoms with Gasteiger partial charge in [-0.1, -0.05) is 0 Å². The summed E-state index contributed by atoms with van der Waals surface area (Å²) >= 11 is 0. The summed E-state index contributed by atoms with van der Waals surface area (Å²) in [6.45, 7) is 0.695. The molecule has 1 aromatic heterocycles. The van der Waals surface area contributed by atoms with Gasteiger partial charge in [0.15, 0.2) is 0 Å². The number of hydrogen-bond acceptors (Lipinski definition) is 4. The highest BCUT2D eigenvalue weighted by Gasteiger charge is 2.34. The van der Waals surface area contributed by atoms with Crippen LogP contribution in [-0.2, 0) is 22.5 Å². The van der Waals surface area contributed by atoms with E-state index in [1.807, 2.05) is 0 Å². The summed E-state index contributed by atoms with van der Waals surface area (Å²) in [6.07, 6.45) is 4.08. The average molecular weight is 221 g/mol. The quantitative estimate of drug-likeness (QED) is 0.696. The Balaban J connectivity index is 1.85. The topological polar surface area (TPSA) is 57.0 Å². The van der Waals surface area contributed by atoms with Crippen LogP contribution in [0.5, 0.6) is 0 Å². The third-order valence-corrected chi connectivity index (χ3v) is 3.45. The normalized spacial score (nSPS) is 23.9. The van der Waals surface area contributed by atoms with Gasteiger partial charge in [0, 0.05) is 18.9 Å². The van der Waals surface area contributed by atoms with Crippen LogP contribution in [0.2, 0.25) is 0 Å². The minimum atomic E-state index is -0.110. The summed E-state index contributed by atoms with van der Waals surface area (Å²) in [4.78, 5) is 11.5. The van der Waals surface area contributed by atoms with Crippen molar-refractivity contribution in [3.05, 3.63) is 11.6 Å². The summed E-state index contributed by atoms with van der Waals surface area (Å²) in [5.74, 6) is 2.55. The van der Waals surface area contributed by atoms with E-state index in [9.17, 15) is 4.79 Å². The maximum absolute atomic E-state index is 11.5. The fraction of sp³-hybridized carbons (Fsp3) is 0.727. The van der Waals surface area contributed by atoms with Crippen molar-refractivity contribution < 1.29 is 9.53 Å². The van der Waals surface area contributed by atoms with E-state index in [2.05, 4.69) is 14.8 Å². The van der Waals surface area contributed by atoms with Crippen LogP contribution < -0.4 is 0 Å². The number of esters is 1. The van der Waals surface area contributed by atoms with Gasteiger partial charge >= 0.3 is 5.97 Å². The average Bonchev–Trinajstić information content (AvgIpc) is 3.08. The molecule has 0 radical (unpaired) electrons. The van der Waals surface area contributed by atoms with E-state index in [-0.39, 0.29) is 11.9 Å². The molecule has 2 heterocycles. The Morgan fingerprint density at radius 1 is 1.38 bits per heavy atom. The van der Waals surface area contributed by atoms with Crippen LogP contribution in [0.25, 0.3) is 0 Å². The highest BCUT2D eigenvalue weighted by Crippen LogP contribution is 2.40. The van der Waals surface area contributed by atoms with Gasteiger partial charge < -0.3 is 9.30 Å². The van der Waals surface area contributed by atoms with Crippen LogP contribution in [0.1, 0.15) is 36.8 Å². The molecule has 16 heavy (non-hydrogen) atoms. The molecule has 0 aromatic carbocycles. The number of rotatable bonds is 2. The number of hydrogen-bond donors (Lipinski definition) is 0. The van der Waals surface area contributed by atoms with Crippen molar-refractivity contribution in [2.24, 2.45) is 5.92 Å². The molecule has 1 aliphatic carbocycles. The van der Waals surface area contributed by atoms with Gasteiger partial charge in [-0.25, -0.2) is 0 Å². The van der Waals surface area contributed by atoms with Gasteiger partial charge in [0.25, 0.3) is 0 Å². The highest BCUT2D eigenvalue weighted by molar-refractivity contribution is 5.72. The van der Waals surface area contributed by atoms with Crippen molar-refractivity contribution >= 4 is 5.97 Å². The zero-order valence-corrected chi connectivity index (χ0v) is 9.35. The molecule has 1 atom stereocenters. The maximum Gasteiger partial charge on any atom is 0.310 e. The second kappa shape index (κ2) is 3.57. The minimum absolute atomic E-state index is 0.0222. The molecular formula is C11H15N3O2. The lowest BCUT2D eigenvalue weighted by Crippen LogP contribution is -2.28. The fourth-order valence-electron chi connectivity index (χ4n) is 2.35. The van der Waals surface area contributed by atoms with Crippen LogP contribution >= 0.6 is 0 Å². The number of aromatic nitrogens is 3. The lowest BCUT2D eigenvalue weighted by Gasteiger charge is -2.22. The molecule has 1 aliphatic heterocycles. The first-order valence-electron chi connectivity index (χ1n) is 5.79. The van der Waals surface area contributed by atoms with Crippen molar-refractivity contribution in [2.45, 2.75) is 38.1 Å². The molecule has 5 nitrogen and oxygen atoms in total. The zero-order chi connectivity index (χ0) is 11.1. The van der Waals surface area contributed by atoms with Crippen LogP contribution in [0.15, 0.2) is 0 Å². The summed E-state index contributed by atoms with van der Waals surface area (Å²) < 4.78 is 6.93. The fourth-order valence-corrected chi connectivity index (χ4v) is 2.35.